The van der Waals surface area contributed by atoms with Crippen molar-refractivity contribution in [2.75, 3.05) is 0 Å². The van der Waals surface area contributed by atoms with Crippen molar-refractivity contribution < 1.29 is 0 Å². The summed E-state index contributed by atoms with van der Waals surface area (Å²) in [6, 6.07) is 7.69. The van der Waals surface area contributed by atoms with E-state index in [0.29, 0.717) is 0 Å². The molecule has 1 heterocycles. The average Bonchev–Trinajstić information content (AvgIpc) is 2.52. The van der Waals surface area contributed by atoms with Crippen molar-refractivity contribution in [1.82, 2.24) is 4.98 Å². The van der Waals surface area contributed by atoms with E-state index >= 15 is 0 Å². The van der Waals surface area contributed by atoms with E-state index in [2.05, 4.69) is 11.2 Å². The molecule has 1 nitrogen and oxygen atoms in total. The summed E-state index contributed by atoms with van der Waals surface area (Å²) in [5, 5.41) is 1.71. The summed E-state index contributed by atoms with van der Waals surface area (Å²) >= 11 is 7.49. The lowest BCUT2D eigenvalue weighted by Crippen LogP contribution is -1.73. The minimum atomic E-state index is 0.741. The smallest absolute Gasteiger partial charge is 0.124 e. The predicted molar refractivity (Wildman–Crippen MR) is 56.1 cm³/mol. The molecule has 65 valence electrons. The first-order valence-corrected chi connectivity index (χ1v) is 5.06. The van der Waals surface area contributed by atoms with Crippen LogP contribution >= 0.6 is 22.9 Å². The van der Waals surface area contributed by atoms with Gasteiger partial charge in [0.1, 0.15) is 11.2 Å². The Morgan fingerprint density at radius 2 is 2.31 bits per heavy atom. The zero-order chi connectivity index (χ0) is 9.26. The Kier molecular flexibility index (Phi) is 2.34. The van der Waals surface area contributed by atoms with Gasteiger partial charge in [0.2, 0.25) is 0 Å². The van der Waals surface area contributed by atoms with Crippen LogP contribution in [-0.4, -0.2) is 4.98 Å². The van der Waals surface area contributed by atoms with Crippen LogP contribution in [0.1, 0.15) is 4.88 Å². The van der Waals surface area contributed by atoms with Crippen LogP contribution in [0, 0.1) is 13.1 Å². The van der Waals surface area contributed by atoms with E-state index in [1.54, 1.807) is 11.3 Å². The second kappa shape index (κ2) is 3.48. The number of rotatable bonds is 1. The van der Waals surface area contributed by atoms with Crippen molar-refractivity contribution in [2.24, 2.45) is 0 Å². The van der Waals surface area contributed by atoms with Gasteiger partial charge in [0.05, 0.1) is 0 Å². The molecule has 0 atom stereocenters. The van der Waals surface area contributed by atoms with E-state index in [1.165, 1.54) is 0 Å². The van der Waals surface area contributed by atoms with Gasteiger partial charge in [-0.05, 0) is 19.1 Å². The van der Waals surface area contributed by atoms with Gasteiger partial charge in [0, 0.05) is 15.5 Å². The first kappa shape index (κ1) is 8.73. The molecular formula is C10H7ClNS. The van der Waals surface area contributed by atoms with E-state index in [0.717, 1.165) is 20.5 Å². The minimum absolute atomic E-state index is 0.741. The van der Waals surface area contributed by atoms with E-state index < -0.39 is 0 Å². The normalized spacial score (nSPS) is 10.3. The summed E-state index contributed by atoms with van der Waals surface area (Å²) in [7, 11) is 0. The highest BCUT2D eigenvalue weighted by atomic mass is 35.5. The lowest BCUT2D eigenvalue weighted by atomic mass is 10.2. The summed E-state index contributed by atoms with van der Waals surface area (Å²) in [4.78, 5) is 5.25. The Hall–Kier alpha value is -0.860. The molecule has 3 heteroatoms. The quantitative estimate of drug-likeness (QED) is 0.698. The standard InChI is InChI=1S/C10H7ClNS/c1-7-6-12-10(13-7)8-3-2-4-9(11)5-8/h2-5H,1H3. The van der Waals surface area contributed by atoms with E-state index in [9.17, 15) is 0 Å². The van der Waals surface area contributed by atoms with E-state index in [-0.39, 0.29) is 0 Å². The van der Waals surface area contributed by atoms with Crippen LogP contribution in [0.5, 0.6) is 0 Å². The Balaban J connectivity index is 2.46. The molecule has 1 radical (unpaired) electrons. The van der Waals surface area contributed by atoms with Crippen LogP contribution in [-0.2, 0) is 0 Å². The van der Waals surface area contributed by atoms with Gasteiger partial charge >= 0.3 is 0 Å². The van der Waals surface area contributed by atoms with Crippen LogP contribution in [0.2, 0.25) is 5.02 Å². The molecule has 13 heavy (non-hydrogen) atoms. The number of benzene rings is 1. The predicted octanol–water partition coefficient (Wildman–Crippen LogP) is 3.57. The van der Waals surface area contributed by atoms with E-state index in [4.69, 9.17) is 11.6 Å². The molecule has 0 amide bonds. The van der Waals surface area contributed by atoms with Gasteiger partial charge in [-0.1, -0.05) is 23.7 Å². The van der Waals surface area contributed by atoms with Gasteiger partial charge in [-0.3, -0.25) is 0 Å². The molecular weight excluding hydrogens is 202 g/mol. The zero-order valence-corrected chi connectivity index (χ0v) is 8.62. The van der Waals surface area contributed by atoms with Gasteiger partial charge in [0.25, 0.3) is 0 Å². The van der Waals surface area contributed by atoms with Gasteiger partial charge in [-0.25, -0.2) is 4.98 Å². The molecule has 1 aromatic heterocycles. The third-order valence-electron chi connectivity index (χ3n) is 1.64. The molecule has 0 unspecified atom stereocenters. The number of hydrogen-bond donors (Lipinski definition) is 0. The van der Waals surface area contributed by atoms with Crippen molar-refractivity contribution >= 4 is 22.9 Å². The fourth-order valence-corrected chi connectivity index (χ4v) is 1.97. The SMILES string of the molecule is Cc1[c]nc(-c2cccc(Cl)c2)s1. The monoisotopic (exact) mass is 208 g/mol. The first-order chi connectivity index (χ1) is 6.25. The van der Waals surface area contributed by atoms with Gasteiger partial charge in [-0.15, -0.1) is 11.3 Å². The molecule has 0 aliphatic carbocycles. The van der Waals surface area contributed by atoms with E-state index in [1.807, 2.05) is 31.2 Å². The number of hydrogen-bond acceptors (Lipinski definition) is 2. The maximum atomic E-state index is 5.87. The van der Waals surface area contributed by atoms with Crippen LogP contribution < -0.4 is 0 Å². The third kappa shape index (κ3) is 1.90. The number of nitrogens with zero attached hydrogens (tertiary/aromatic N) is 1. The Labute approximate surface area is 86.0 Å². The van der Waals surface area contributed by atoms with Crippen LogP contribution in [0.15, 0.2) is 24.3 Å². The maximum absolute atomic E-state index is 5.87. The zero-order valence-electron chi connectivity index (χ0n) is 7.04. The Morgan fingerprint density at radius 3 is 2.92 bits per heavy atom. The maximum Gasteiger partial charge on any atom is 0.124 e. The molecule has 2 rings (SSSR count). The van der Waals surface area contributed by atoms with Gasteiger partial charge in [0.15, 0.2) is 0 Å². The molecule has 0 saturated heterocycles. The Morgan fingerprint density at radius 1 is 1.46 bits per heavy atom. The summed E-state index contributed by atoms with van der Waals surface area (Å²) < 4.78 is 0. The largest absolute Gasteiger partial charge is 0.234 e. The number of aromatic nitrogens is 1. The minimum Gasteiger partial charge on any atom is -0.234 e. The molecule has 2 aromatic rings. The first-order valence-electron chi connectivity index (χ1n) is 3.87. The van der Waals surface area contributed by atoms with Gasteiger partial charge < -0.3 is 0 Å². The molecule has 1 aromatic carbocycles. The van der Waals surface area contributed by atoms with Crippen molar-refractivity contribution in [1.29, 1.82) is 0 Å². The average molecular weight is 209 g/mol. The third-order valence-corrected chi connectivity index (χ3v) is 2.79. The number of aryl methyl sites for hydroxylation is 1. The van der Waals surface area contributed by atoms with Gasteiger partial charge in [-0.2, -0.15) is 0 Å². The summed E-state index contributed by atoms with van der Waals surface area (Å²) in [5.41, 5.74) is 1.06. The topological polar surface area (TPSA) is 12.9 Å². The van der Waals surface area contributed by atoms with Crippen molar-refractivity contribution in [3.8, 4) is 10.6 Å². The van der Waals surface area contributed by atoms with Crippen LogP contribution in [0.25, 0.3) is 10.6 Å². The molecule has 0 N–H and O–H groups in total. The molecule has 0 aliphatic heterocycles. The van der Waals surface area contributed by atoms with Crippen molar-refractivity contribution in [3.63, 3.8) is 0 Å². The fourth-order valence-electron chi connectivity index (χ4n) is 1.07. The highest BCUT2D eigenvalue weighted by molar-refractivity contribution is 7.14. The summed E-state index contributed by atoms with van der Waals surface area (Å²) in [5.74, 6) is 0. The summed E-state index contributed by atoms with van der Waals surface area (Å²) in [6.07, 6.45) is 2.91. The molecule has 0 saturated carbocycles. The number of halogens is 1. The van der Waals surface area contributed by atoms with Crippen LogP contribution in [0.4, 0.5) is 0 Å². The van der Waals surface area contributed by atoms with Crippen LogP contribution in [0.3, 0.4) is 0 Å². The second-order valence-electron chi connectivity index (χ2n) is 2.70. The fraction of sp³-hybridized carbons (Fsp3) is 0.100. The lowest BCUT2D eigenvalue weighted by Gasteiger charge is -1.95. The van der Waals surface area contributed by atoms with Crippen molar-refractivity contribution in [3.05, 3.63) is 40.4 Å². The molecule has 0 bridgehead atoms. The molecule has 0 aliphatic rings. The number of thiazole rings is 1. The summed E-state index contributed by atoms with van der Waals surface area (Å²) in [6.45, 7) is 1.99. The second-order valence-corrected chi connectivity index (χ2v) is 4.34. The highest BCUT2D eigenvalue weighted by Gasteiger charge is 2.02. The molecule has 0 fully saturated rings. The van der Waals surface area contributed by atoms with Crippen molar-refractivity contribution in [2.45, 2.75) is 6.92 Å². The lowest BCUT2D eigenvalue weighted by molar-refractivity contribution is 1.36. The molecule has 0 spiro atoms. The highest BCUT2D eigenvalue weighted by Crippen LogP contribution is 2.26. The Bertz CT molecular complexity index is 422.